The quantitative estimate of drug-likeness (QED) is 0.320. The molecule has 6 rings (SSSR count). The SMILES string of the molecule is CN(C)C(=O)c1csc(C2c3c(nc4cccnn34)CCN2C(=O)COc2ccc(N3CCOCC3)nc2Cl)c1. The predicted octanol–water partition coefficient (Wildman–Crippen LogP) is 2.93. The van der Waals surface area contributed by atoms with E-state index in [1.807, 2.05) is 29.6 Å². The van der Waals surface area contributed by atoms with E-state index < -0.39 is 6.04 Å². The zero-order valence-electron chi connectivity index (χ0n) is 22.1. The molecule has 6 heterocycles. The third-order valence-electron chi connectivity index (χ3n) is 7.01. The van der Waals surface area contributed by atoms with Gasteiger partial charge < -0.3 is 24.2 Å². The highest BCUT2D eigenvalue weighted by atomic mass is 35.5. The number of aromatic nitrogens is 4. The molecule has 1 fully saturated rings. The van der Waals surface area contributed by atoms with Crippen LogP contribution in [-0.4, -0.2) is 94.7 Å². The van der Waals surface area contributed by atoms with E-state index in [-0.39, 0.29) is 23.6 Å². The molecule has 1 unspecified atom stereocenters. The number of anilines is 1. The lowest BCUT2D eigenvalue weighted by Crippen LogP contribution is -2.43. The lowest BCUT2D eigenvalue weighted by atomic mass is 10.0. The Labute approximate surface area is 239 Å². The molecule has 4 aromatic heterocycles. The molecule has 0 bridgehead atoms. The molecule has 0 saturated carbocycles. The second kappa shape index (κ2) is 11.0. The summed E-state index contributed by atoms with van der Waals surface area (Å²) in [5.74, 6) is 0.770. The van der Waals surface area contributed by atoms with Crippen LogP contribution >= 0.6 is 22.9 Å². The molecule has 0 radical (unpaired) electrons. The smallest absolute Gasteiger partial charge is 0.261 e. The van der Waals surface area contributed by atoms with Crippen LogP contribution < -0.4 is 9.64 Å². The average Bonchev–Trinajstić information content (AvgIpc) is 3.61. The van der Waals surface area contributed by atoms with Gasteiger partial charge in [-0.3, -0.25) is 9.59 Å². The van der Waals surface area contributed by atoms with Crippen molar-refractivity contribution in [3.8, 4) is 5.75 Å². The number of ether oxygens (including phenoxy) is 2. The fourth-order valence-electron chi connectivity index (χ4n) is 5.05. The summed E-state index contributed by atoms with van der Waals surface area (Å²) >= 11 is 7.88. The highest BCUT2D eigenvalue weighted by Crippen LogP contribution is 2.38. The van der Waals surface area contributed by atoms with E-state index in [0.29, 0.717) is 43.1 Å². The molecule has 1 atom stereocenters. The number of rotatable bonds is 6. The summed E-state index contributed by atoms with van der Waals surface area (Å²) < 4.78 is 13.1. The van der Waals surface area contributed by atoms with Crippen molar-refractivity contribution in [1.29, 1.82) is 0 Å². The molecule has 0 N–H and O–H groups in total. The van der Waals surface area contributed by atoms with Gasteiger partial charge in [-0.1, -0.05) is 11.6 Å². The molecular formula is C27H28ClN7O4S. The Morgan fingerprint density at radius 3 is 2.77 bits per heavy atom. The maximum absolute atomic E-state index is 13.7. The van der Waals surface area contributed by atoms with Gasteiger partial charge in [0, 0.05) is 56.6 Å². The highest BCUT2D eigenvalue weighted by Gasteiger charge is 2.37. The van der Waals surface area contributed by atoms with Gasteiger partial charge in [-0.25, -0.2) is 14.5 Å². The third kappa shape index (κ3) is 4.98. The molecule has 11 nitrogen and oxygen atoms in total. The fraction of sp³-hybridized carbons (Fsp3) is 0.370. The van der Waals surface area contributed by atoms with Crippen LogP contribution in [0.25, 0.3) is 5.65 Å². The minimum atomic E-state index is -0.476. The van der Waals surface area contributed by atoms with E-state index in [2.05, 4.69) is 15.0 Å². The summed E-state index contributed by atoms with van der Waals surface area (Å²) in [7, 11) is 3.43. The average molecular weight is 582 g/mol. The van der Waals surface area contributed by atoms with Crippen molar-refractivity contribution < 1.29 is 19.1 Å². The van der Waals surface area contributed by atoms with E-state index >= 15 is 0 Å². The van der Waals surface area contributed by atoms with Crippen molar-refractivity contribution in [2.24, 2.45) is 0 Å². The van der Waals surface area contributed by atoms with Gasteiger partial charge in [0.05, 0.1) is 30.2 Å². The first kappa shape index (κ1) is 26.5. The zero-order valence-corrected chi connectivity index (χ0v) is 23.7. The first-order valence-electron chi connectivity index (χ1n) is 12.9. The first-order chi connectivity index (χ1) is 19.4. The van der Waals surface area contributed by atoms with Crippen molar-refractivity contribution in [2.45, 2.75) is 12.5 Å². The summed E-state index contributed by atoms with van der Waals surface area (Å²) in [4.78, 5) is 41.8. The number of fused-ring (bicyclic) bond motifs is 3. The van der Waals surface area contributed by atoms with Gasteiger partial charge in [0.15, 0.2) is 23.2 Å². The number of morpholine rings is 1. The van der Waals surface area contributed by atoms with Gasteiger partial charge in [0.2, 0.25) is 0 Å². The standard InChI is InChI=1S/C27H28ClN7O4S/c1-32(2)27(37)17-14-20(40-16-17)25-24-18(30-22-4-3-8-29-35(22)24)7-9-34(25)23(36)15-39-19-5-6-21(31-26(19)28)33-10-12-38-13-11-33/h3-6,8,14,16,25H,7,9-13,15H2,1-2H3. The van der Waals surface area contributed by atoms with Gasteiger partial charge in [0.1, 0.15) is 11.9 Å². The summed E-state index contributed by atoms with van der Waals surface area (Å²) in [6, 6.07) is 8.68. The number of thiophene rings is 1. The Hall–Kier alpha value is -3.74. The fourth-order valence-corrected chi connectivity index (χ4v) is 6.25. The normalized spacial score (nSPS) is 17.1. The Balaban J connectivity index is 1.27. The maximum atomic E-state index is 13.7. The first-order valence-corrected chi connectivity index (χ1v) is 14.2. The number of nitrogens with zero attached hydrogens (tertiary/aromatic N) is 7. The van der Waals surface area contributed by atoms with Gasteiger partial charge in [-0.15, -0.1) is 11.3 Å². The molecule has 0 aliphatic carbocycles. The molecule has 2 aliphatic heterocycles. The number of carbonyl (C=O) groups excluding carboxylic acids is 2. The van der Waals surface area contributed by atoms with Gasteiger partial charge >= 0.3 is 0 Å². The second-order valence-corrected chi connectivity index (χ2v) is 11.1. The lowest BCUT2D eigenvalue weighted by molar-refractivity contribution is -0.135. The summed E-state index contributed by atoms with van der Waals surface area (Å²) in [6.07, 6.45) is 2.27. The molecule has 1 saturated heterocycles. The van der Waals surface area contributed by atoms with E-state index in [1.54, 1.807) is 35.8 Å². The summed E-state index contributed by atoms with van der Waals surface area (Å²) in [5, 5.41) is 6.54. The minimum Gasteiger partial charge on any atom is -0.481 e. The van der Waals surface area contributed by atoms with Crippen molar-refractivity contribution in [3.05, 3.63) is 68.9 Å². The number of halogens is 1. The highest BCUT2D eigenvalue weighted by molar-refractivity contribution is 7.10. The van der Waals surface area contributed by atoms with Crippen LogP contribution in [-0.2, 0) is 16.0 Å². The molecular weight excluding hydrogens is 554 g/mol. The molecule has 208 valence electrons. The van der Waals surface area contributed by atoms with Crippen molar-refractivity contribution in [2.75, 3.05) is 58.5 Å². The van der Waals surface area contributed by atoms with Crippen molar-refractivity contribution in [3.63, 3.8) is 0 Å². The number of amides is 2. The Bertz CT molecular complexity index is 1570. The molecule has 2 amide bonds. The van der Waals surface area contributed by atoms with Gasteiger partial charge in [-0.2, -0.15) is 5.10 Å². The molecule has 0 spiro atoms. The largest absolute Gasteiger partial charge is 0.481 e. The van der Waals surface area contributed by atoms with E-state index in [1.165, 1.54) is 16.2 Å². The Morgan fingerprint density at radius 2 is 2.00 bits per heavy atom. The molecule has 13 heteroatoms. The van der Waals surface area contributed by atoms with Gasteiger partial charge in [-0.05, 0) is 30.3 Å². The van der Waals surface area contributed by atoms with E-state index in [9.17, 15) is 9.59 Å². The number of hydrogen-bond donors (Lipinski definition) is 0. The Kier molecular flexibility index (Phi) is 7.30. The van der Waals surface area contributed by atoms with Crippen LogP contribution in [0.1, 0.15) is 32.7 Å². The summed E-state index contributed by atoms with van der Waals surface area (Å²) in [5.41, 5.74) is 2.98. The third-order valence-corrected chi connectivity index (χ3v) is 8.27. The van der Waals surface area contributed by atoms with Gasteiger partial charge in [0.25, 0.3) is 11.8 Å². The van der Waals surface area contributed by atoms with Crippen molar-refractivity contribution >= 4 is 46.2 Å². The van der Waals surface area contributed by atoms with Crippen LogP contribution in [0.4, 0.5) is 5.82 Å². The molecule has 40 heavy (non-hydrogen) atoms. The zero-order chi connectivity index (χ0) is 27.8. The molecule has 0 aromatic carbocycles. The maximum Gasteiger partial charge on any atom is 0.261 e. The second-order valence-electron chi connectivity index (χ2n) is 9.76. The van der Waals surface area contributed by atoms with Crippen LogP contribution in [0, 0.1) is 0 Å². The molecule has 2 aliphatic rings. The number of imidazole rings is 1. The predicted molar refractivity (Wildman–Crippen MR) is 150 cm³/mol. The van der Waals surface area contributed by atoms with E-state index in [0.717, 1.165) is 35.2 Å². The van der Waals surface area contributed by atoms with Crippen LogP contribution in [0.2, 0.25) is 5.15 Å². The van der Waals surface area contributed by atoms with Crippen molar-refractivity contribution in [1.82, 2.24) is 29.4 Å². The van der Waals surface area contributed by atoms with Crippen LogP contribution in [0.15, 0.2) is 41.9 Å². The molecule has 4 aromatic rings. The van der Waals surface area contributed by atoms with E-state index in [4.69, 9.17) is 26.1 Å². The van der Waals surface area contributed by atoms with Crippen LogP contribution in [0.3, 0.4) is 0 Å². The number of pyridine rings is 1. The number of carbonyl (C=O) groups is 2. The van der Waals surface area contributed by atoms with Crippen LogP contribution in [0.5, 0.6) is 5.75 Å². The lowest BCUT2D eigenvalue weighted by Gasteiger charge is -2.34. The minimum absolute atomic E-state index is 0.0984. The Morgan fingerprint density at radius 1 is 1.18 bits per heavy atom. The number of hydrogen-bond acceptors (Lipinski definition) is 9. The topological polar surface area (TPSA) is 105 Å². The monoisotopic (exact) mass is 581 g/mol. The summed E-state index contributed by atoms with van der Waals surface area (Å²) in [6.45, 7) is 2.99.